The van der Waals surface area contributed by atoms with Crippen molar-refractivity contribution in [1.29, 1.82) is 0 Å². The van der Waals surface area contributed by atoms with Gasteiger partial charge in [-0.05, 0) is 32.4 Å². The first-order chi connectivity index (χ1) is 7.90. The van der Waals surface area contributed by atoms with E-state index in [-0.39, 0.29) is 12.6 Å². The Morgan fingerprint density at radius 2 is 2.12 bits per heavy atom. The quantitative estimate of drug-likeness (QED) is 0.807. The van der Waals surface area contributed by atoms with Crippen molar-refractivity contribution in [2.45, 2.75) is 38.5 Å². The third-order valence-electron chi connectivity index (χ3n) is 2.69. The summed E-state index contributed by atoms with van der Waals surface area (Å²) < 4.78 is 31.9. The van der Waals surface area contributed by atoms with E-state index in [2.05, 4.69) is 4.72 Å². The van der Waals surface area contributed by atoms with E-state index in [1.165, 1.54) is 0 Å². The number of hydrogen-bond acceptors (Lipinski definition) is 4. The molecule has 17 heavy (non-hydrogen) atoms. The fourth-order valence-electron chi connectivity index (χ4n) is 1.60. The van der Waals surface area contributed by atoms with Crippen LogP contribution in [0.25, 0.3) is 0 Å². The molecule has 1 aromatic heterocycles. The number of aryl methyl sites for hydroxylation is 1. The minimum atomic E-state index is -3.40. The lowest BCUT2D eigenvalue weighted by Gasteiger charge is -2.17. The summed E-state index contributed by atoms with van der Waals surface area (Å²) in [6.45, 7) is 5.49. The summed E-state index contributed by atoms with van der Waals surface area (Å²) >= 11 is 0. The predicted octanol–water partition coefficient (Wildman–Crippen LogP) is 1.31. The molecule has 0 aromatic carbocycles. The summed E-state index contributed by atoms with van der Waals surface area (Å²) in [6.07, 6.45) is 0.496. The molecule has 2 unspecified atom stereocenters. The molecule has 6 heteroatoms. The monoisotopic (exact) mass is 260 g/mol. The zero-order valence-electron chi connectivity index (χ0n) is 10.4. The number of hydrogen-bond donors (Lipinski definition) is 2. The molecule has 0 aliphatic carbocycles. The molecule has 1 rings (SSSR count). The van der Waals surface area contributed by atoms with Crippen LogP contribution in [-0.4, -0.2) is 20.2 Å². The van der Waals surface area contributed by atoms with Gasteiger partial charge in [0.2, 0.25) is 10.0 Å². The maximum absolute atomic E-state index is 12.0. The van der Waals surface area contributed by atoms with Crippen LogP contribution in [0.15, 0.2) is 16.5 Å². The summed E-state index contributed by atoms with van der Waals surface area (Å²) in [5, 5.41) is -0.555. The minimum Gasteiger partial charge on any atom is -0.465 e. The highest BCUT2D eigenvalue weighted by Gasteiger charge is 2.25. The van der Waals surface area contributed by atoms with Crippen LogP contribution in [0.5, 0.6) is 0 Å². The lowest BCUT2D eigenvalue weighted by molar-refractivity contribution is 0.439. The van der Waals surface area contributed by atoms with Gasteiger partial charge in [0.1, 0.15) is 11.5 Å². The average Bonchev–Trinajstić information content (AvgIpc) is 2.65. The fraction of sp³-hybridized carbons (Fsp3) is 0.636. The first-order valence-corrected chi connectivity index (χ1v) is 7.22. The Balaban J connectivity index is 2.77. The van der Waals surface area contributed by atoms with Gasteiger partial charge in [-0.1, -0.05) is 6.92 Å². The molecule has 0 fully saturated rings. The molecule has 3 N–H and O–H groups in total. The summed E-state index contributed by atoms with van der Waals surface area (Å²) in [4.78, 5) is 0. The molecule has 0 spiro atoms. The lowest BCUT2D eigenvalue weighted by atomic mass is 10.3. The Hall–Kier alpha value is -0.850. The molecule has 0 saturated heterocycles. The predicted molar refractivity (Wildman–Crippen MR) is 67.0 cm³/mol. The topological polar surface area (TPSA) is 85.3 Å². The van der Waals surface area contributed by atoms with Crippen molar-refractivity contribution in [2.75, 3.05) is 6.54 Å². The molecule has 0 aliphatic heterocycles. The number of rotatable bonds is 6. The van der Waals surface area contributed by atoms with Crippen molar-refractivity contribution in [2.24, 2.45) is 5.73 Å². The zero-order chi connectivity index (χ0) is 13.1. The van der Waals surface area contributed by atoms with Crippen LogP contribution < -0.4 is 10.5 Å². The largest absolute Gasteiger partial charge is 0.465 e. The van der Waals surface area contributed by atoms with Gasteiger partial charge in [-0.3, -0.25) is 0 Å². The number of sulfonamides is 1. The van der Waals surface area contributed by atoms with Crippen LogP contribution >= 0.6 is 0 Å². The van der Waals surface area contributed by atoms with Crippen LogP contribution in [0, 0.1) is 6.92 Å². The van der Waals surface area contributed by atoms with Crippen molar-refractivity contribution in [3.8, 4) is 0 Å². The second-order valence-corrected chi connectivity index (χ2v) is 6.09. The summed E-state index contributed by atoms with van der Waals surface area (Å²) in [5.41, 5.74) is 5.45. The van der Waals surface area contributed by atoms with Gasteiger partial charge >= 0.3 is 0 Å². The maximum atomic E-state index is 12.0. The van der Waals surface area contributed by atoms with Crippen molar-refractivity contribution < 1.29 is 12.8 Å². The molecule has 1 heterocycles. The van der Waals surface area contributed by atoms with Crippen LogP contribution in [0.4, 0.5) is 0 Å². The van der Waals surface area contributed by atoms with E-state index in [0.29, 0.717) is 12.2 Å². The van der Waals surface area contributed by atoms with Crippen molar-refractivity contribution in [3.05, 3.63) is 23.7 Å². The molecule has 0 amide bonds. The Bertz CT molecular complexity index is 449. The van der Waals surface area contributed by atoms with E-state index in [9.17, 15) is 8.42 Å². The van der Waals surface area contributed by atoms with Crippen molar-refractivity contribution in [1.82, 2.24) is 4.72 Å². The van der Waals surface area contributed by atoms with Gasteiger partial charge < -0.3 is 10.2 Å². The molecular weight excluding hydrogens is 240 g/mol. The van der Waals surface area contributed by atoms with E-state index in [0.717, 1.165) is 5.76 Å². The van der Waals surface area contributed by atoms with Gasteiger partial charge in [0, 0.05) is 6.54 Å². The van der Waals surface area contributed by atoms with E-state index in [1.807, 2.05) is 6.92 Å². The van der Waals surface area contributed by atoms with Crippen molar-refractivity contribution >= 4 is 10.0 Å². The van der Waals surface area contributed by atoms with E-state index >= 15 is 0 Å². The van der Waals surface area contributed by atoms with Gasteiger partial charge in [-0.2, -0.15) is 0 Å². The van der Waals surface area contributed by atoms with Gasteiger partial charge in [0.15, 0.2) is 0 Å². The lowest BCUT2D eigenvalue weighted by Crippen LogP contribution is -2.39. The molecule has 1 aromatic rings. The summed E-state index contributed by atoms with van der Waals surface area (Å²) in [7, 11) is -3.40. The minimum absolute atomic E-state index is 0.121. The molecular formula is C11H20N2O3S. The average molecular weight is 260 g/mol. The molecule has 0 bridgehead atoms. The van der Waals surface area contributed by atoms with Gasteiger partial charge in [0.25, 0.3) is 0 Å². The molecule has 2 atom stereocenters. The first kappa shape index (κ1) is 14.2. The van der Waals surface area contributed by atoms with E-state index < -0.39 is 15.3 Å². The highest BCUT2D eigenvalue weighted by molar-refractivity contribution is 7.90. The Labute approximate surface area is 102 Å². The number of nitrogens with two attached hydrogens (primary N) is 1. The molecule has 98 valence electrons. The van der Waals surface area contributed by atoms with Crippen LogP contribution in [0.2, 0.25) is 0 Å². The second-order valence-electron chi connectivity index (χ2n) is 4.10. The zero-order valence-corrected chi connectivity index (χ0v) is 11.3. The SMILES string of the molecule is CCC(CN)S(=O)(=O)NC(C)c1ccc(C)o1. The Morgan fingerprint density at radius 1 is 1.47 bits per heavy atom. The van der Waals surface area contributed by atoms with Crippen LogP contribution in [0.1, 0.15) is 37.8 Å². The number of furan rings is 1. The highest BCUT2D eigenvalue weighted by atomic mass is 32.2. The normalized spacial score (nSPS) is 15.8. The second kappa shape index (κ2) is 5.66. The van der Waals surface area contributed by atoms with E-state index in [4.69, 9.17) is 10.2 Å². The molecule has 5 nitrogen and oxygen atoms in total. The van der Waals surface area contributed by atoms with Crippen LogP contribution in [-0.2, 0) is 10.0 Å². The maximum Gasteiger partial charge on any atom is 0.216 e. The standard InChI is InChI=1S/C11H20N2O3S/c1-4-10(7-12)17(14,15)13-9(3)11-6-5-8(2)16-11/h5-6,9-10,13H,4,7,12H2,1-3H3. The molecule has 0 radical (unpaired) electrons. The fourth-order valence-corrected chi connectivity index (χ4v) is 3.09. The number of nitrogens with one attached hydrogen (secondary N) is 1. The highest BCUT2D eigenvalue weighted by Crippen LogP contribution is 2.17. The van der Waals surface area contributed by atoms with Gasteiger partial charge in [0.05, 0.1) is 11.3 Å². The van der Waals surface area contributed by atoms with E-state index in [1.54, 1.807) is 26.0 Å². The first-order valence-electron chi connectivity index (χ1n) is 5.68. The summed E-state index contributed by atoms with van der Waals surface area (Å²) in [5.74, 6) is 1.37. The van der Waals surface area contributed by atoms with Gasteiger partial charge in [-0.25, -0.2) is 13.1 Å². The Kier molecular flexibility index (Phi) is 4.73. The molecule has 0 aliphatic rings. The third kappa shape index (κ3) is 3.55. The molecule has 0 saturated carbocycles. The van der Waals surface area contributed by atoms with Crippen LogP contribution in [0.3, 0.4) is 0 Å². The Morgan fingerprint density at radius 3 is 2.53 bits per heavy atom. The summed E-state index contributed by atoms with van der Waals surface area (Å²) in [6, 6.07) is 3.20. The van der Waals surface area contributed by atoms with Crippen molar-refractivity contribution in [3.63, 3.8) is 0 Å². The smallest absolute Gasteiger partial charge is 0.216 e. The van der Waals surface area contributed by atoms with Gasteiger partial charge in [-0.15, -0.1) is 0 Å². The third-order valence-corrected chi connectivity index (χ3v) is 4.77.